The number of hydrogen-bond acceptors (Lipinski definition) is 6. The van der Waals surface area contributed by atoms with Crippen molar-refractivity contribution < 1.29 is 18.1 Å². The number of thiol groups is 2. The normalized spacial score (nSPS) is 42.8. The van der Waals surface area contributed by atoms with E-state index >= 15 is 0 Å². The van der Waals surface area contributed by atoms with Crippen LogP contribution < -0.4 is 0 Å². The first-order valence-electron chi connectivity index (χ1n) is 8.27. The zero-order valence-electron chi connectivity index (χ0n) is 14.5. The Morgan fingerprint density at radius 1 is 1.00 bits per heavy atom. The Bertz CT molecular complexity index is 531. The molecule has 0 spiro atoms. The highest BCUT2D eigenvalue weighted by Gasteiger charge is 2.41. The molecule has 0 bridgehead atoms. The van der Waals surface area contributed by atoms with Crippen molar-refractivity contribution in [3.63, 3.8) is 0 Å². The van der Waals surface area contributed by atoms with Crippen LogP contribution in [-0.2, 0) is 41.7 Å². The summed E-state index contributed by atoms with van der Waals surface area (Å²) >= 11 is 19.2. The van der Waals surface area contributed by atoms with Gasteiger partial charge in [0, 0.05) is 10.8 Å². The predicted octanol–water partition coefficient (Wildman–Crippen LogP) is 5.74. The van der Waals surface area contributed by atoms with E-state index in [4.69, 9.17) is 41.7 Å². The van der Waals surface area contributed by atoms with E-state index in [9.17, 15) is 0 Å². The van der Waals surface area contributed by atoms with Crippen molar-refractivity contribution in [1.82, 2.24) is 0 Å². The average Bonchev–Trinajstić information content (AvgIpc) is 2.47. The zero-order chi connectivity index (χ0) is 18.1. The lowest BCUT2D eigenvalue weighted by atomic mass is 9.78. The lowest BCUT2D eigenvalue weighted by Gasteiger charge is -2.43. The van der Waals surface area contributed by atoms with Gasteiger partial charge in [0.2, 0.25) is 11.4 Å². The fraction of sp³-hybridized carbons (Fsp3) is 1.00. The summed E-state index contributed by atoms with van der Waals surface area (Å²) in [5, 5.41) is 0. The van der Waals surface area contributed by atoms with Crippen molar-refractivity contribution in [2.24, 2.45) is 10.8 Å². The first-order chi connectivity index (χ1) is 11.0. The van der Waals surface area contributed by atoms with Gasteiger partial charge in [-0.1, -0.05) is 58.1 Å². The minimum absolute atomic E-state index is 0.0380. The van der Waals surface area contributed by atoms with Crippen molar-refractivity contribution in [3.05, 3.63) is 0 Å². The molecule has 4 nitrogen and oxygen atoms in total. The summed E-state index contributed by atoms with van der Waals surface area (Å²) in [7, 11) is 0. The third-order valence-corrected chi connectivity index (χ3v) is 9.17. The molecule has 2 aliphatic heterocycles. The summed E-state index contributed by atoms with van der Waals surface area (Å²) in [6.07, 6.45) is 5.23. The molecule has 0 radical (unpaired) electrons. The van der Waals surface area contributed by atoms with Crippen LogP contribution in [0, 0.1) is 10.8 Å². The maximum absolute atomic E-state index is 5.99. The molecule has 2 heterocycles. The van der Waals surface area contributed by atoms with Crippen molar-refractivity contribution in [2.45, 2.75) is 59.0 Å². The molecule has 2 atom stereocenters. The van der Waals surface area contributed by atoms with Gasteiger partial charge >= 0.3 is 0 Å². The number of rotatable bonds is 6. The van der Waals surface area contributed by atoms with Crippen LogP contribution in [-0.4, -0.2) is 25.9 Å². The molecule has 10 heteroatoms. The third kappa shape index (κ3) is 6.19. The van der Waals surface area contributed by atoms with Gasteiger partial charge in [0.25, 0.3) is 0 Å². The van der Waals surface area contributed by atoms with E-state index in [2.05, 4.69) is 45.3 Å². The monoisotopic (exact) mass is 450 g/mol. The summed E-state index contributed by atoms with van der Waals surface area (Å²) in [6, 6.07) is 0. The fourth-order valence-corrected chi connectivity index (χ4v) is 7.11. The standard InChI is InChI=1S/C14H28O4P2S4/c1-4-7-14(10-16-19(21,22)17-11-14)8-5-6-12-13(2,3)9-15-20(23,24)18-12/h12H,4-11H2,1-3H3,(H,21,22)(H,23,24). The summed E-state index contributed by atoms with van der Waals surface area (Å²) in [6.45, 7) is 8.40. The quantitative estimate of drug-likeness (QED) is 0.397. The highest BCUT2D eigenvalue weighted by Crippen LogP contribution is 2.61. The van der Waals surface area contributed by atoms with E-state index in [1.54, 1.807) is 0 Å². The van der Waals surface area contributed by atoms with E-state index < -0.39 is 11.4 Å². The van der Waals surface area contributed by atoms with Crippen LogP contribution in [0.4, 0.5) is 0 Å². The summed E-state index contributed by atoms with van der Waals surface area (Å²) in [5.41, 5.74) is -4.71. The van der Waals surface area contributed by atoms with Crippen LogP contribution in [0.5, 0.6) is 0 Å². The van der Waals surface area contributed by atoms with Crippen molar-refractivity contribution in [3.8, 4) is 0 Å². The van der Waals surface area contributed by atoms with Crippen molar-refractivity contribution in [2.75, 3.05) is 19.8 Å². The topological polar surface area (TPSA) is 36.9 Å². The van der Waals surface area contributed by atoms with Crippen LogP contribution >= 0.6 is 35.9 Å². The third-order valence-electron chi connectivity index (χ3n) is 4.75. The summed E-state index contributed by atoms with van der Waals surface area (Å²) in [5.74, 6) is 0. The molecule has 0 aromatic carbocycles. The number of hydrogen-bond donors (Lipinski definition) is 2. The van der Waals surface area contributed by atoms with Gasteiger partial charge < -0.3 is 18.1 Å². The summed E-state index contributed by atoms with van der Waals surface area (Å²) in [4.78, 5) is 0. The van der Waals surface area contributed by atoms with Gasteiger partial charge in [0.05, 0.1) is 25.9 Å². The van der Waals surface area contributed by atoms with Crippen LogP contribution in [0.1, 0.15) is 52.9 Å². The largest absolute Gasteiger partial charge is 0.321 e. The zero-order valence-corrected chi connectivity index (χ0v) is 19.7. The van der Waals surface area contributed by atoms with Gasteiger partial charge in [-0.2, -0.15) is 0 Å². The lowest BCUT2D eigenvalue weighted by molar-refractivity contribution is -0.0178. The average molecular weight is 451 g/mol. The van der Waals surface area contributed by atoms with E-state index in [-0.39, 0.29) is 16.9 Å². The van der Waals surface area contributed by atoms with Crippen LogP contribution in [0.25, 0.3) is 0 Å². The molecule has 0 aliphatic carbocycles. The molecule has 2 unspecified atom stereocenters. The van der Waals surface area contributed by atoms with Gasteiger partial charge in [0.15, 0.2) is 0 Å². The van der Waals surface area contributed by atoms with E-state index in [1.165, 1.54) is 0 Å². The van der Waals surface area contributed by atoms with Crippen LogP contribution in [0.3, 0.4) is 0 Å². The Morgan fingerprint density at radius 2 is 1.58 bits per heavy atom. The second-order valence-corrected chi connectivity index (χ2v) is 18.0. The Kier molecular flexibility index (Phi) is 7.81. The fourth-order valence-electron chi connectivity index (χ4n) is 3.24. The molecule has 2 aliphatic rings. The molecule has 2 fully saturated rings. The van der Waals surface area contributed by atoms with E-state index in [0.717, 1.165) is 32.1 Å². The first-order valence-corrected chi connectivity index (χ1v) is 15.9. The minimum atomic E-state index is -2.38. The molecule has 2 rings (SSSR count). The molecule has 0 N–H and O–H groups in total. The Balaban J connectivity index is 1.93. The molecule has 0 saturated carbocycles. The van der Waals surface area contributed by atoms with E-state index in [1.807, 2.05) is 0 Å². The molecule has 2 saturated heterocycles. The highest BCUT2D eigenvalue weighted by molar-refractivity contribution is 8.60. The molecule has 142 valence electrons. The van der Waals surface area contributed by atoms with Gasteiger partial charge in [0.1, 0.15) is 0 Å². The second kappa shape index (κ2) is 8.46. The molecule has 0 amide bonds. The van der Waals surface area contributed by atoms with Gasteiger partial charge in [-0.25, -0.2) is 0 Å². The Labute approximate surface area is 166 Å². The maximum Gasteiger partial charge on any atom is 0.244 e. The SMILES string of the molecule is CCCC1(CCCC2OP(=S)(S)OCC2(C)C)COP(=S)(S)OC1. The molecular formula is C14H28O4P2S4. The highest BCUT2D eigenvalue weighted by atomic mass is 32.9. The maximum atomic E-state index is 5.99. The smallest absolute Gasteiger partial charge is 0.244 e. The van der Waals surface area contributed by atoms with Gasteiger partial charge in [-0.3, -0.25) is 0 Å². The van der Waals surface area contributed by atoms with Crippen molar-refractivity contribution >= 4 is 59.5 Å². The first kappa shape index (κ1) is 22.1. The van der Waals surface area contributed by atoms with Crippen LogP contribution in [0.2, 0.25) is 0 Å². The van der Waals surface area contributed by atoms with Crippen LogP contribution in [0.15, 0.2) is 0 Å². The van der Waals surface area contributed by atoms with Gasteiger partial charge in [-0.15, -0.1) is 0 Å². The molecule has 0 aromatic rings. The summed E-state index contributed by atoms with van der Waals surface area (Å²) < 4.78 is 23.1. The predicted molar refractivity (Wildman–Crippen MR) is 114 cm³/mol. The van der Waals surface area contributed by atoms with Crippen molar-refractivity contribution in [1.29, 1.82) is 0 Å². The lowest BCUT2D eigenvalue weighted by Crippen LogP contribution is -2.39. The molecule has 0 aromatic heterocycles. The molecule has 24 heavy (non-hydrogen) atoms. The Hall–Kier alpha value is 1.84. The molecular weight excluding hydrogens is 422 g/mol. The van der Waals surface area contributed by atoms with E-state index in [0.29, 0.717) is 19.8 Å². The second-order valence-electron chi connectivity index (χ2n) is 7.48. The minimum Gasteiger partial charge on any atom is -0.321 e. The van der Waals surface area contributed by atoms with Gasteiger partial charge in [-0.05, 0) is 42.9 Å². The Morgan fingerprint density at radius 3 is 2.17 bits per heavy atom.